The number of allylic oxidation sites excluding steroid dienone is 1. The predicted octanol–water partition coefficient (Wildman–Crippen LogP) is 4.83. The number of thioether (sulfide) groups is 1. The average Bonchev–Trinajstić information content (AvgIpc) is 3.75. The molecule has 2 fully saturated rings. The molecule has 3 aliphatic rings. The van der Waals surface area contributed by atoms with Gasteiger partial charge in [0, 0.05) is 29.5 Å². The average molecular weight is 809 g/mol. The lowest BCUT2D eigenvalue weighted by atomic mass is 10.00. The van der Waals surface area contributed by atoms with E-state index in [1.165, 1.54) is 28.0 Å². The second-order valence-electron chi connectivity index (χ2n) is 14.7. The number of carbonyl (C=O) groups excluding carboxylic acids is 5. The molecule has 2 aromatic heterocycles. The first-order chi connectivity index (χ1) is 27.3. The number of nitrogens with zero attached hydrogens (tertiary/aromatic N) is 5. The molecule has 294 valence electrons. The van der Waals surface area contributed by atoms with Gasteiger partial charge in [-0.05, 0) is 63.0 Å². The normalized spacial score (nSPS) is 18.7. The topological polar surface area (TPSA) is 164 Å². The van der Waals surface area contributed by atoms with Gasteiger partial charge < -0.3 is 19.7 Å². The number of amides is 4. The number of hydrogen-bond donors (Lipinski definition) is 2. The summed E-state index contributed by atoms with van der Waals surface area (Å²) in [4.78, 5) is 70.5. The van der Waals surface area contributed by atoms with Crippen LogP contribution >= 0.6 is 23.1 Å². The Labute approximate surface area is 337 Å². The lowest BCUT2D eigenvalue weighted by Gasteiger charge is -2.49. The molecule has 0 unspecified atom stereocenters. The first kappa shape index (κ1) is 39.4. The van der Waals surface area contributed by atoms with E-state index in [9.17, 15) is 24.0 Å². The number of fused-ring (bicyclic) bond motifs is 1. The molecule has 14 nitrogen and oxygen atoms in total. The molecule has 4 amide bonds. The molecule has 4 aromatic rings. The zero-order valence-corrected chi connectivity index (χ0v) is 33.5. The molecule has 2 N–H and O–H groups in total. The van der Waals surface area contributed by atoms with Gasteiger partial charge in [0.05, 0.1) is 6.54 Å². The van der Waals surface area contributed by atoms with Crippen LogP contribution in [0.4, 0.5) is 9.93 Å². The van der Waals surface area contributed by atoms with Crippen LogP contribution in [0.25, 0.3) is 0 Å². The van der Waals surface area contributed by atoms with Crippen molar-refractivity contribution in [1.82, 2.24) is 25.3 Å². The number of ether oxygens (including phenoxy) is 2. The number of carbonyl (C=O) groups is 5. The van der Waals surface area contributed by atoms with E-state index in [0.29, 0.717) is 35.8 Å². The van der Waals surface area contributed by atoms with E-state index in [0.717, 1.165) is 21.7 Å². The standard InChI is InChI=1S/C41H41N7O7S2/c1-25-44-45-39(57-25)42-31(49)23-46-18-11-12-26(21-46)22-47-19-17-29(35(47)50)20-30-24-56-37-32(43-40(53)55-41(2,3)4)36(51)48(37)33(30)38(52)54-34(27-13-7-5-8-14-27)28-15-9-6-10-16-28/h5-16,18,20-21,32,34,37H,17,19,22-24H2,1-4H3,(H-,42,43,45,49,53)/p+1/b29-20+/t32-,37-/m1/s1. The van der Waals surface area contributed by atoms with Gasteiger partial charge in [-0.2, -0.15) is 4.57 Å². The second kappa shape index (κ2) is 16.7. The van der Waals surface area contributed by atoms with Crippen LogP contribution in [0.1, 0.15) is 55.0 Å². The maximum atomic E-state index is 14.4. The number of hydrogen-bond acceptors (Lipinski definition) is 11. The fraction of sp³-hybridized carbons (Fsp3) is 0.317. The lowest BCUT2D eigenvalue weighted by molar-refractivity contribution is -0.684. The molecule has 2 aromatic carbocycles. The summed E-state index contributed by atoms with van der Waals surface area (Å²) in [5, 5.41) is 13.9. The minimum absolute atomic E-state index is 0.0349. The minimum atomic E-state index is -0.919. The van der Waals surface area contributed by atoms with Gasteiger partial charge in [0.15, 0.2) is 18.5 Å². The third-order valence-corrected chi connectivity index (χ3v) is 11.3. The number of nitrogens with one attached hydrogen (secondary N) is 2. The van der Waals surface area contributed by atoms with Gasteiger partial charge in [-0.25, -0.2) is 9.59 Å². The lowest BCUT2D eigenvalue weighted by Crippen LogP contribution is -2.70. The molecule has 2 saturated heterocycles. The maximum absolute atomic E-state index is 14.4. The molecule has 7 rings (SSSR count). The Kier molecular flexibility index (Phi) is 11.5. The van der Waals surface area contributed by atoms with Crippen LogP contribution in [0.2, 0.25) is 0 Å². The Hall–Kier alpha value is -5.87. The summed E-state index contributed by atoms with van der Waals surface area (Å²) < 4.78 is 13.4. The van der Waals surface area contributed by atoms with E-state index in [1.54, 1.807) is 42.5 Å². The SMILES string of the molecule is Cc1nnc(NC(=O)C[n+]2cccc(CN3CC/C(=C\C4=C(C(=O)OC(c5ccccc5)c5ccccc5)N5C(=O)[C@@H](NC(=O)OC(C)(C)C)[C@H]5SC4)C3=O)c2)s1. The molecule has 0 spiro atoms. The molecule has 0 aliphatic carbocycles. The third kappa shape index (κ3) is 9.24. The summed E-state index contributed by atoms with van der Waals surface area (Å²) in [6.45, 7) is 7.80. The second-order valence-corrected chi connectivity index (χ2v) is 17.0. The Bertz CT molecular complexity index is 2220. The molecule has 0 saturated carbocycles. The Morgan fingerprint density at radius 3 is 2.35 bits per heavy atom. The first-order valence-electron chi connectivity index (χ1n) is 18.4. The van der Waals surface area contributed by atoms with Crippen LogP contribution in [0, 0.1) is 6.92 Å². The van der Waals surface area contributed by atoms with Crippen molar-refractivity contribution in [2.45, 2.75) is 70.3 Å². The Morgan fingerprint density at radius 1 is 1.00 bits per heavy atom. The van der Waals surface area contributed by atoms with Gasteiger partial charge >= 0.3 is 12.1 Å². The van der Waals surface area contributed by atoms with Crippen LogP contribution in [0.15, 0.2) is 108 Å². The van der Waals surface area contributed by atoms with Crippen molar-refractivity contribution in [2.24, 2.45) is 0 Å². The largest absolute Gasteiger partial charge is 0.448 e. The van der Waals surface area contributed by atoms with Crippen molar-refractivity contribution < 1.29 is 38.0 Å². The summed E-state index contributed by atoms with van der Waals surface area (Å²) in [7, 11) is 0. The molecule has 16 heteroatoms. The number of β-lactam (4-membered cyclic amide) rings is 1. The highest BCUT2D eigenvalue weighted by atomic mass is 32.2. The number of pyridine rings is 1. The van der Waals surface area contributed by atoms with E-state index in [1.807, 2.05) is 85.9 Å². The summed E-state index contributed by atoms with van der Waals surface area (Å²) in [5.41, 5.74) is 2.55. The van der Waals surface area contributed by atoms with Gasteiger partial charge in [0.2, 0.25) is 17.6 Å². The van der Waals surface area contributed by atoms with Gasteiger partial charge in [-0.1, -0.05) is 72.0 Å². The van der Waals surface area contributed by atoms with Gasteiger partial charge in [-0.15, -0.1) is 22.0 Å². The molecule has 3 aliphatic heterocycles. The monoisotopic (exact) mass is 808 g/mol. The summed E-state index contributed by atoms with van der Waals surface area (Å²) >= 11 is 2.67. The number of rotatable bonds is 11. The number of alkyl carbamates (subject to hydrolysis) is 1. The highest BCUT2D eigenvalue weighted by Gasteiger charge is 2.55. The quantitative estimate of drug-likeness (QED) is 0.0929. The molecular formula is C41H42N7O7S2+. The van der Waals surface area contributed by atoms with Crippen LogP contribution in [0.5, 0.6) is 0 Å². The number of anilines is 1. The van der Waals surface area contributed by atoms with E-state index in [4.69, 9.17) is 9.47 Å². The Balaban J connectivity index is 1.13. The number of aryl methyl sites for hydroxylation is 1. The molecule has 0 bridgehead atoms. The third-order valence-electron chi connectivity index (χ3n) is 9.25. The number of aromatic nitrogens is 3. The van der Waals surface area contributed by atoms with Crippen LogP contribution in [-0.4, -0.2) is 79.1 Å². The van der Waals surface area contributed by atoms with Gasteiger partial charge in [0.1, 0.15) is 27.7 Å². The van der Waals surface area contributed by atoms with Gasteiger partial charge in [0.25, 0.3) is 11.8 Å². The van der Waals surface area contributed by atoms with Crippen molar-refractivity contribution >= 4 is 58.0 Å². The highest BCUT2D eigenvalue weighted by molar-refractivity contribution is 8.00. The van der Waals surface area contributed by atoms with E-state index < -0.39 is 41.1 Å². The highest BCUT2D eigenvalue weighted by Crippen LogP contribution is 2.43. The first-order valence-corrected chi connectivity index (χ1v) is 20.3. The fourth-order valence-corrected chi connectivity index (χ4v) is 8.66. The maximum Gasteiger partial charge on any atom is 0.408 e. The van der Waals surface area contributed by atoms with Crippen LogP contribution < -0.4 is 15.2 Å². The van der Waals surface area contributed by atoms with E-state index in [2.05, 4.69) is 20.8 Å². The van der Waals surface area contributed by atoms with Gasteiger partial charge in [-0.3, -0.25) is 24.6 Å². The molecule has 0 radical (unpaired) electrons. The summed E-state index contributed by atoms with van der Waals surface area (Å²) in [5.74, 6) is -1.39. The molecular weight excluding hydrogens is 767 g/mol. The molecule has 5 heterocycles. The van der Waals surface area contributed by atoms with Crippen molar-refractivity contribution in [3.8, 4) is 0 Å². The van der Waals surface area contributed by atoms with Crippen molar-refractivity contribution in [3.63, 3.8) is 0 Å². The van der Waals surface area contributed by atoms with E-state index >= 15 is 0 Å². The summed E-state index contributed by atoms with van der Waals surface area (Å²) in [6, 6.07) is 21.5. The summed E-state index contributed by atoms with van der Waals surface area (Å²) in [6.07, 6.45) is 4.21. The number of likely N-dealkylation sites (tertiary alicyclic amines) is 1. The minimum Gasteiger partial charge on any atom is -0.448 e. The Morgan fingerprint density at radius 2 is 1.70 bits per heavy atom. The fourth-order valence-electron chi connectivity index (χ4n) is 6.75. The van der Waals surface area contributed by atoms with Crippen molar-refractivity contribution in [1.29, 1.82) is 0 Å². The zero-order valence-electron chi connectivity index (χ0n) is 31.8. The number of esters is 1. The molecule has 57 heavy (non-hydrogen) atoms. The van der Waals surface area contributed by atoms with Crippen molar-refractivity contribution in [2.75, 3.05) is 17.6 Å². The predicted molar refractivity (Wildman–Crippen MR) is 212 cm³/mol. The van der Waals surface area contributed by atoms with Crippen LogP contribution in [0.3, 0.4) is 0 Å². The molecule has 2 atom stereocenters. The van der Waals surface area contributed by atoms with Crippen molar-refractivity contribution in [3.05, 3.63) is 130 Å². The number of benzene rings is 2. The smallest absolute Gasteiger partial charge is 0.408 e. The van der Waals surface area contributed by atoms with Crippen LogP contribution in [-0.2, 0) is 41.7 Å². The zero-order chi connectivity index (χ0) is 40.3. The van der Waals surface area contributed by atoms with E-state index in [-0.39, 0.29) is 29.8 Å².